The maximum atomic E-state index is 11.4. The number of carbonyl (C=O) groups excluding carboxylic acids is 1. The monoisotopic (exact) mass is 381 g/mol. The van der Waals surface area contributed by atoms with Crippen LogP contribution in [-0.2, 0) is 9.53 Å². The number of nitrogens with two attached hydrogens (primary N) is 1. The lowest BCUT2D eigenvalue weighted by Crippen LogP contribution is -2.56. The molecule has 8 unspecified atom stereocenters. The van der Waals surface area contributed by atoms with E-state index in [2.05, 4.69) is 13.8 Å². The summed E-state index contributed by atoms with van der Waals surface area (Å²) in [4.78, 5) is 11.4. The molecular weight excluding hydrogens is 342 g/mol. The van der Waals surface area contributed by atoms with E-state index >= 15 is 0 Å². The quantitative estimate of drug-likeness (QED) is 0.651. The zero-order chi connectivity index (χ0) is 20.0. The van der Waals surface area contributed by atoms with Gasteiger partial charge in [-0.15, -0.1) is 0 Å². The highest BCUT2D eigenvalue weighted by Gasteiger charge is 2.61. The van der Waals surface area contributed by atoms with E-state index in [-0.39, 0.29) is 28.8 Å². The molecule has 0 bridgehead atoms. The molecule has 8 atom stereocenters. The molecule has 3 aliphatic carbocycles. The molecule has 3 rings (SSSR count). The van der Waals surface area contributed by atoms with Crippen LogP contribution in [0, 0.1) is 34.5 Å². The van der Waals surface area contributed by atoms with Crippen molar-refractivity contribution in [3.05, 3.63) is 0 Å². The van der Waals surface area contributed by atoms with Gasteiger partial charge in [0.1, 0.15) is 0 Å². The molecule has 5 nitrogen and oxygen atoms in total. The Hall–Kier alpha value is -0.650. The largest absolute Gasteiger partial charge is 0.466 e. The minimum absolute atomic E-state index is 0.00843. The number of aliphatic hydroxyl groups excluding tert-OH is 1. The van der Waals surface area contributed by atoms with Crippen LogP contribution in [0.4, 0.5) is 0 Å². The van der Waals surface area contributed by atoms with Gasteiger partial charge in [0.25, 0.3) is 0 Å². The van der Waals surface area contributed by atoms with Crippen molar-refractivity contribution >= 4 is 5.97 Å². The van der Waals surface area contributed by atoms with E-state index in [1.165, 1.54) is 6.92 Å². The van der Waals surface area contributed by atoms with Gasteiger partial charge in [0, 0.05) is 12.8 Å². The summed E-state index contributed by atoms with van der Waals surface area (Å²) in [6.07, 6.45) is 6.09. The topological polar surface area (TPSA) is 92.8 Å². The molecule has 0 spiro atoms. The van der Waals surface area contributed by atoms with Crippen molar-refractivity contribution in [2.75, 3.05) is 13.2 Å². The van der Waals surface area contributed by atoms with Crippen molar-refractivity contribution in [2.45, 2.75) is 84.3 Å². The normalized spacial score (nSPS) is 50.3. The number of aliphatic hydroxyl groups is 2. The molecule has 0 aromatic heterocycles. The van der Waals surface area contributed by atoms with E-state index in [0.717, 1.165) is 38.5 Å². The molecule has 5 heteroatoms. The van der Waals surface area contributed by atoms with Gasteiger partial charge < -0.3 is 20.7 Å². The van der Waals surface area contributed by atoms with Gasteiger partial charge in [-0.2, -0.15) is 0 Å². The summed E-state index contributed by atoms with van der Waals surface area (Å²) in [5, 5.41) is 21.3. The van der Waals surface area contributed by atoms with Gasteiger partial charge in [0.05, 0.1) is 18.3 Å². The van der Waals surface area contributed by atoms with Crippen molar-refractivity contribution in [2.24, 2.45) is 40.2 Å². The predicted octanol–water partition coefficient (Wildman–Crippen LogP) is 2.87. The highest BCUT2D eigenvalue weighted by molar-refractivity contribution is 5.65. The molecule has 0 radical (unpaired) electrons. The second-order valence-electron chi connectivity index (χ2n) is 10.3. The molecule has 27 heavy (non-hydrogen) atoms. The van der Waals surface area contributed by atoms with E-state index in [4.69, 9.17) is 10.5 Å². The number of fused-ring (bicyclic) bond motifs is 1. The minimum atomic E-state index is -0.614. The van der Waals surface area contributed by atoms with Crippen LogP contribution in [0.15, 0.2) is 0 Å². The summed E-state index contributed by atoms with van der Waals surface area (Å²) < 4.78 is 5.40. The predicted molar refractivity (Wildman–Crippen MR) is 105 cm³/mol. The van der Waals surface area contributed by atoms with E-state index < -0.39 is 5.60 Å². The van der Waals surface area contributed by atoms with Gasteiger partial charge >= 0.3 is 5.97 Å². The van der Waals surface area contributed by atoms with E-state index in [9.17, 15) is 15.0 Å². The Kier molecular flexibility index (Phi) is 5.70. The molecule has 0 aromatic rings. The third kappa shape index (κ3) is 3.44. The van der Waals surface area contributed by atoms with Crippen LogP contribution in [0.1, 0.15) is 72.6 Å². The maximum Gasteiger partial charge on any atom is 0.302 e. The summed E-state index contributed by atoms with van der Waals surface area (Å²) in [5.74, 6) is 1.17. The van der Waals surface area contributed by atoms with Crippen molar-refractivity contribution in [3.63, 3.8) is 0 Å². The van der Waals surface area contributed by atoms with Crippen LogP contribution in [0.25, 0.3) is 0 Å². The first kappa shape index (κ1) is 21.1. The Labute approximate surface area is 164 Å². The number of rotatable bonds is 4. The zero-order valence-electron chi connectivity index (χ0n) is 17.5. The first-order valence-electron chi connectivity index (χ1n) is 10.8. The minimum Gasteiger partial charge on any atom is -0.466 e. The second-order valence-corrected chi connectivity index (χ2v) is 10.3. The Bertz CT molecular complexity index is 565. The lowest BCUT2D eigenvalue weighted by Gasteiger charge is -2.57. The molecule has 3 fully saturated rings. The molecule has 0 saturated heterocycles. The Balaban J connectivity index is 1.87. The van der Waals surface area contributed by atoms with Gasteiger partial charge in [-0.05, 0) is 87.0 Å². The third-order valence-electron chi connectivity index (χ3n) is 9.11. The average Bonchev–Trinajstić information content (AvgIpc) is 2.84. The van der Waals surface area contributed by atoms with E-state index in [1.54, 1.807) is 0 Å². The standard InChI is InChI=1S/C22H39NO4/c1-14(24)27-13-15-11-16(25)5-8-20(15,2)18-6-9-21(3)19(17(18)12-23)7-10-22(21,4)26/h15-19,25-26H,5-13,23H2,1-4H3. The van der Waals surface area contributed by atoms with Gasteiger partial charge in [-0.25, -0.2) is 0 Å². The molecule has 0 amide bonds. The Morgan fingerprint density at radius 3 is 2.41 bits per heavy atom. The zero-order valence-corrected chi connectivity index (χ0v) is 17.5. The molecule has 3 aliphatic rings. The fourth-order valence-electron chi connectivity index (χ4n) is 7.04. The summed E-state index contributed by atoms with van der Waals surface area (Å²) in [7, 11) is 0. The fourth-order valence-corrected chi connectivity index (χ4v) is 7.04. The summed E-state index contributed by atoms with van der Waals surface area (Å²) >= 11 is 0. The lowest BCUT2D eigenvalue weighted by molar-refractivity contribution is -0.154. The Morgan fingerprint density at radius 1 is 1.11 bits per heavy atom. The van der Waals surface area contributed by atoms with Crippen molar-refractivity contribution in [1.29, 1.82) is 0 Å². The fraction of sp³-hybridized carbons (Fsp3) is 0.955. The highest BCUT2D eigenvalue weighted by atomic mass is 16.5. The number of ether oxygens (including phenoxy) is 1. The maximum absolute atomic E-state index is 11.4. The first-order chi connectivity index (χ1) is 12.5. The molecule has 156 valence electrons. The number of hydrogen-bond donors (Lipinski definition) is 3. The first-order valence-corrected chi connectivity index (χ1v) is 10.8. The van der Waals surface area contributed by atoms with Gasteiger partial charge in [-0.3, -0.25) is 4.79 Å². The van der Waals surface area contributed by atoms with Crippen LogP contribution in [0.2, 0.25) is 0 Å². The van der Waals surface area contributed by atoms with Crippen LogP contribution < -0.4 is 5.73 Å². The summed E-state index contributed by atoms with van der Waals surface area (Å²) in [6, 6.07) is 0. The molecule has 4 N–H and O–H groups in total. The van der Waals surface area contributed by atoms with Gasteiger partial charge in [-0.1, -0.05) is 13.8 Å². The van der Waals surface area contributed by atoms with Crippen molar-refractivity contribution in [1.82, 2.24) is 0 Å². The lowest BCUT2D eigenvalue weighted by atomic mass is 9.48. The molecule has 0 aliphatic heterocycles. The van der Waals surface area contributed by atoms with Crippen LogP contribution in [0.3, 0.4) is 0 Å². The molecule has 3 saturated carbocycles. The summed E-state index contributed by atoms with van der Waals surface area (Å²) in [6.45, 7) is 9.06. The highest BCUT2D eigenvalue weighted by Crippen LogP contribution is 2.64. The molecule has 0 aromatic carbocycles. The summed E-state index contributed by atoms with van der Waals surface area (Å²) in [5.41, 5.74) is 5.67. The number of esters is 1. The van der Waals surface area contributed by atoms with Gasteiger partial charge in [0.2, 0.25) is 0 Å². The van der Waals surface area contributed by atoms with E-state index in [0.29, 0.717) is 37.3 Å². The third-order valence-corrected chi connectivity index (χ3v) is 9.11. The van der Waals surface area contributed by atoms with Crippen molar-refractivity contribution < 1.29 is 19.7 Å². The SMILES string of the molecule is CC(=O)OCC1CC(O)CCC1(C)C1CCC2(C)C(CCC2(C)O)C1CN. The average molecular weight is 382 g/mol. The Morgan fingerprint density at radius 2 is 1.78 bits per heavy atom. The molecular formula is C22H39NO4. The van der Waals surface area contributed by atoms with Crippen LogP contribution >= 0.6 is 0 Å². The van der Waals surface area contributed by atoms with Crippen LogP contribution in [-0.4, -0.2) is 41.0 Å². The second kappa shape index (κ2) is 7.31. The van der Waals surface area contributed by atoms with E-state index in [1.807, 2.05) is 6.92 Å². The van der Waals surface area contributed by atoms with Crippen LogP contribution in [0.5, 0.6) is 0 Å². The van der Waals surface area contributed by atoms with Gasteiger partial charge in [0.15, 0.2) is 0 Å². The number of carbonyl (C=O) groups is 1. The number of hydrogen-bond acceptors (Lipinski definition) is 5. The molecule has 0 heterocycles. The smallest absolute Gasteiger partial charge is 0.302 e. The van der Waals surface area contributed by atoms with Crippen molar-refractivity contribution in [3.8, 4) is 0 Å².